The van der Waals surface area contributed by atoms with Gasteiger partial charge < -0.3 is 9.47 Å². The van der Waals surface area contributed by atoms with Gasteiger partial charge in [0.2, 0.25) is 15.8 Å². The first kappa shape index (κ1) is 23.7. The average molecular weight is 486 g/mol. The largest absolute Gasteiger partial charge is 0.454 e. The summed E-state index contributed by atoms with van der Waals surface area (Å²) < 4.78 is 37.7. The fourth-order valence-corrected chi connectivity index (χ4v) is 5.35. The number of hydrogen-bond donors (Lipinski definition) is 0. The van der Waals surface area contributed by atoms with Crippen LogP contribution in [0.5, 0.6) is 0 Å². The lowest BCUT2D eigenvalue weighted by molar-refractivity contribution is -0.0440. The Kier molecular flexibility index (Phi) is 7.39. The van der Waals surface area contributed by atoms with Crippen LogP contribution in [0.4, 0.5) is 0 Å². The van der Waals surface area contributed by atoms with Crippen molar-refractivity contribution in [3.8, 4) is 0 Å². The van der Waals surface area contributed by atoms with Gasteiger partial charge in [-0.3, -0.25) is 4.79 Å². The van der Waals surface area contributed by atoms with Crippen LogP contribution in [0.15, 0.2) is 47.4 Å². The van der Waals surface area contributed by atoms with E-state index in [1.165, 1.54) is 46.8 Å². The Morgan fingerprint density at radius 2 is 1.68 bits per heavy atom. The predicted molar refractivity (Wildman–Crippen MR) is 116 cm³/mol. The molecule has 2 aromatic rings. The maximum Gasteiger partial charge on any atom is 0.338 e. The molecule has 0 saturated carbocycles. The second kappa shape index (κ2) is 9.67. The van der Waals surface area contributed by atoms with Gasteiger partial charge in [0.1, 0.15) is 0 Å². The zero-order chi connectivity index (χ0) is 22.8. The fraction of sp³-hybridized carbons (Fsp3) is 0.333. The van der Waals surface area contributed by atoms with Crippen molar-refractivity contribution in [1.82, 2.24) is 4.31 Å². The molecule has 1 aliphatic rings. The second-order valence-corrected chi connectivity index (χ2v) is 10.0. The van der Waals surface area contributed by atoms with Crippen molar-refractivity contribution >= 4 is 45.0 Å². The monoisotopic (exact) mass is 485 g/mol. The number of benzene rings is 2. The number of carbonyl (C=O) groups is 2. The van der Waals surface area contributed by atoms with Crippen LogP contribution in [0.2, 0.25) is 10.0 Å². The van der Waals surface area contributed by atoms with Gasteiger partial charge in [0, 0.05) is 23.7 Å². The highest BCUT2D eigenvalue weighted by Gasteiger charge is 2.32. The Morgan fingerprint density at radius 3 is 2.26 bits per heavy atom. The summed E-state index contributed by atoms with van der Waals surface area (Å²) in [5, 5.41) is 0.546. The predicted octanol–water partition coefficient (Wildman–Crippen LogP) is 3.83. The molecule has 7 nitrogen and oxygen atoms in total. The van der Waals surface area contributed by atoms with Gasteiger partial charge in [0.25, 0.3) is 0 Å². The molecule has 31 heavy (non-hydrogen) atoms. The fourth-order valence-electron chi connectivity index (χ4n) is 3.25. The zero-order valence-corrected chi connectivity index (χ0v) is 19.2. The van der Waals surface area contributed by atoms with E-state index in [1.54, 1.807) is 0 Å². The lowest BCUT2D eigenvalue weighted by Crippen LogP contribution is -2.48. The molecular weight excluding hydrogens is 465 g/mol. The van der Waals surface area contributed by atoms with E-state index in [0.29, 0.717) is 5.02 Å². The molecule has 10 heteroatoms. The van der Waals surface area contributed by atoms with E-state index in [1.807, 2.05) is 13.8 Å². The minimum absolute atomic E-state index is 0.0642. The van der Waals surface area contributed by atoms with Crippen molar-refractivity contribution in [2.45, 2.75) is 31.0 Å². The van der Waals surface area contributed by atoms with Crippen LogP contribution in [0, 0.1) is 0 Å². The van der Waals surface area contributed by atoms with Gasteiger partial charge in [-0.1, -0.05) is 23.2 Å². The van der Waals surface area contributed by atoms with Crippen LogP contribution < -0.4 is 0 Å². The molecule has 0 spiro atoms. The highest BCUT2D eigenvalue weighted by molar-refractivity contribution is 7.89. The summed E-state index contributed by atoms with van der Waals surface area (Å²) >= 11 is 11.8. The molecule has 2 aromatic carbocycles. The molecule has 1 fully saturated rings. The number of morpholine rings is 1. The molecular formula is C21H21Cl2NO6S. The molecule has 1 aliphatic heterocycles. The number of ketones is 1. The number of esters is 1. The molecule has 1 heterocycles. The highest BCUT2D eigenvalue weighted by Crippen LogP contribution is 2.23. The van der Waals surface area contributed by atoms with Crippen LogP contribution in [0.1, 0.15) is 34.6 Å². The summed E-state index contributed by atoms with van der Waals surface area (Å²) in [6.45, 7) is 3.63. The molecule has 2 atom stereocenters. The van der Waals surface area contributed by atoms with Crippen LogP contribution >= 0.6 is 23.2 Å². The number of ether oxygens (including phenoxy) is 2. The summed E-state index contributed by atoms with van der Waals surface area (Å²) in [5.41, 5.74) is 0.312. The molecule has 0 bridgehead atoms. The Balaban J connectivity index is 1.65. The maximum absolute atomic E-state index is 12.9. The number of halogens is 2. The van der Waals surface area contributed by atoms with Gasteiger partial charge in [-0.2, -0.15) is 4.31 Å². The third-order valence-electron chi connectivity index (χ3n) is 4.68. The Labute approximate surface area is 190 Å². The SMILES string of the molecule is CC1CN(S(=O)(=O)c2ccc(C(=O)OCC(=O)c3ccc(Cl)cc3Cl)cc2)CC(C)O1. The molecule has 166 valence electrons. The van der Waals surface area contributed by atoms with Crippen molar-refractivity contribution in [1.29, 1.82) is 0 Å². The molecule has 0 amide bonds. The van der Waals surface area contributed by atoms with Crippen molar-refractivity contribution in [3.05, 3.63) is 63.6 Å². The quantitative estimate of drug-likeness (QED) is 0.456. The van der Waals surface area contributed by atoms with Crippen molar-refractivity contribution in [2.75, 3.05) is 19.7 Å². The third kappa shape index (κ3) is 5.64. The summed E-state index contributed by atoms with van der Waals surface area (Å²) in [6.07, 6.45) is -0.418. The number of Topliss-reactive ketones (excluding diaryl/α,β-unsaturated/α-hetero) is 1. The summed E-state index contributed by atoms with van der Waals surface area (Å²) in [7, 11) is -3.72. The first-order chi connectivity index (χ1) is 14.6. The molecule has 0 radical (unpaired) electrons. The van der Waals surface area contributed by atoms with E-state index in [0.717, 1.165) is 0 Å². The van der Waals surface area contributed by atoms with Gasteiger partial charge in [-0.15, -0.1) is 0 Å². The summed E-state index contributed by atoms with van der Waals surface area (Å²) in [4.78, 5) is 24.6. The molecule has 0 N–H and O–H groups in total. The molecule has 3 rings (SSSR count). The lowest BCUT2D eigenvalue weighted by atomic mass is 10.1. The van der Waals surface area contributed by atoms with E-state index < -0.39 is 28.4 Å². The molecule has 0 aliphatic carbocycles. The minimum Gasteiger partial charge on any atom is -0.454 e. The normalized spacial score (nSPS) is 19.7. The average Bonchev–Trinajstić information content (AvgIpc) is 2.71. The van der Waals surface area contributed by atoms with Crippen molar-refractivity contribution in [3.63, 3.8) is 0 Å². The van der Waals surface area contributed by atoms with Gasteiger partial charge >= 0.3 is 5.97 Å². The van der Waals surface area contributed by atoms with E-state index in [4.69, 9.17) is 32.7 Å². The lowest BCUT2D eigenvalue weighted by Gasteiger charge is -2.34. The second-order valence-electron chi connectivity index (χ2n) is 7.23. The zero-order valence-electron chi connectivity index (χ0n) is 16.9. The van der Waals surface area contributed by atoms with Crippen LogP contribution in [-0.2, 0) is 19.5 Å². The highest BCUT2D eigenvalue weighted by atomic mass is 35.5. The van der Waals surface area contributed by atoms with Crippen LogP contribution in [-0.4, -0.2) is 56.4 Å². The smallest absolute Gasteiger partial charge is 0.338 e. The van der Waals surface area contributed by atoms with Gasteiger partial charge in [0.05, 0.1) is 27.7 Å². The molecule has 1 saturated heterocycles. The number of rotatable bonds is 6. The number of nitrogens with zero attached hydrogens (tertiary/aromatic N) is 1. The Bertz CT molecular complexity index is 1080. The standard InChI is InChI=1S/C21H21Cl2NO6S/c1-13-10-24(11-14(2)30-13)31(27,28)17-6-3-15(4-7-17)21(26)29-12-20(25)18-8-5-16(22)9-19(18)23/h3-9,13-14H,10-12H2,1-2H3. The van der Waals surface area contributed by atoms with E-state index >= 15 is 0 Å². The van der Waals surface area contributed by atoms with Gasteiger partial charge in [-0.25, -0.2) is 13.2 Å². The van der Waals surface area contributed by atoms with Gasteiger partial charge in [0.15, 0.2) is 6.61 Å². The maximum atomic E-state index is 12.9. The Morgan fingerprint density at radius 1 is 1.06 bits per heavy atom. The van der Waals surface area contributed by atoms with Crippen molar-refractivity contribution in [2.24, 2.45) is 0 Å². The van der Waals surface area contributed by atoms with Crippen molar-refractivity contribution < 1.29 is 27.5 Å². The third-order valence-corrected chi connectivity index (χ3v) is 7.07. The molecule has 0 aromatic heterocycles. The number of sulfonamides is 1. The van der Waals surface area contributed by atoms with E-state index in [9.17, 15) is 18.0 Å². The van der Waals surface area contributed by atoms with E-state index in [2.05, 4.69) is 0 Å². The first-order valence-electron chi connectivity index (χ1n) is 9.49. The summed E-state index contributed by atoms with van der Waals surface area (Å²) in [5.74, 6) is -1.24. The molecule has 2 unspecified atom stereocenters. The van der Waals surface area contributed by atoms with Crippen LogP contribution in [0.25, 0.3) is 0 Å². The number of hydrogen-bond acceptors (Lipinski definition) is 6. The topological polar surface area (TPSA) is 90.0 Å². The van der Waals surface area contributed by atoms with Crippen LogP contribution in [0.3, 0.4) is 0 Å². The minimum atomic E-state index is -3.72. The number of carbonyl (C=O) groups excluding carboxylic acids is 2. The van der Waals surface area contributed by atoms with E-state index in [-0.39, 0.29) is 46.3 Å². The Hall–Kier alpha value is -1.97. The first-order valence-corrected chi connectivity index (χ1v) is 11.7. The summed E-state index contributed by atoms with van der Waals surface area (Å²) in [6, 6.07) is 9.77. The van der Waals surface area contributed by atoms with Gasteiger partial charge in [-0.05, 0) is 56.3 Å².